The predicted molar refractivity (Wildman–Crippen MR) is 110 cm³/mol. The van der Waals surface area contributed by atoms with Gasteiger partial charge in [-0.25, -0.2) is 0 Å². The fraction of sp³-hybridized carbons (Fsp3) is 0.238. The van der Waals surface area contributed by atoms with Gasteiger partial charge in [0.1, 0.15) is 12.4 Å². The molecule has 1 saturated heterocycles. The van der Waals surface area contributed by atoms with Crippen LogP contribution in [0, 0.1) is 6.92 Å². The molecule has 0 aliphatic carbocycles. The Labute approximate surface area is 163 Å². The highest BCUT2D eigenvalue weighted by molar-refractivity contribution is 8.18. The van der Waals surface area contributed by atoms with Crippen LogP contribution in [0.1, 0.15) is 11.1 Å². The number of hydrogen-bond acceptors (Lipinski definition) is 5. The number of imide groups is 1. The topological polar surface area (TPSA) is 49.9 Å². The molecule has 6 heteroatoms. The first-order chi connectivity index (χ1) is 12.9. The van der Waals surface area contributed by atoms with Gasteiger partial charge in [0.2, 0.25) is 0 Å². The zero-order chi connectivity index (χ0) is 19.4. The highest BCUT2D eigenvalue weighted by Crippen LogP contribution is 2.32. The van der Waals surface area contributed by atoms with Crippen molar-refractivity contribution in [2.75, 3.05) is 32.1 Å². The van der Waals surface area contributed by atoms with E-state index in [4.69, 9.17) is 4.74 Å². The molecule has 3 rings (SSSR count). The average Bonchev–Trinajstić information content (AvgIpc) is 2.89. The molecule has 27 heavy (non-hydrogen) atoms. The molecule has 1 fully saturated rings. The summed E-state index contributed by atoms with van der Waals surface area (Å²) in [6.07, 6.45) is 1.76. The number of nitrogens with zero attached hydrogens (tertiary/aromatic N) is 2. The molecule has 0 bridgehead atoms. The Morgan fingerprint density at radius 1 is 1.11 bits per heavy atom. The van der Waals surface area contributed by atoms with E-state index in [0.717, 1.165) is 34.3 Å². The highest BCUT2D eigenvalue weighted by Gasteiger charge is 2.34. The van der Waals surface area contributed by atoms with Crippen molar-refractivity contribution in [1.29, 1.82) is 0 Å². The van der Waals surface area contributed by atoms with Crippen LogP contribution in [0.3, 0.4) is 0 Å². The van der Waals surface area contributed by atoms with E-state index >= 15 is 0 Å². The number of carbonyl (C=O) groups is 2. The maximum Gasteiger partial charge on any atom is 0.293 e. The third-order valence-corrected chi connectivity index (χ3v) is 5.06. The van der Waals surface area contributed by atoms with Gasteiger partial charge in [0.15, 0.2) is 0 Å². The number of ether oxygens (including phenoxy) is 1. The van der Waals surface area contributed by atoms with E-state index < -0.39 is 0 Å². The minimum absolute atomic E-state index is 0.232. The van der Waals surface area contributed by atoms with Gasteiger partial charge in [0.05, 0.1) is 11.4 Å². The fourth-order valence-electron chi connectivity index (χ4n) is 2.67. The lowest BCUT2D eigenvalue weighted by atomic mass is 10.2. The van der Waals surface area contributed by atoms with Crippen molar-refractivity contribution in [3.63, 3.8) is 0 Å². The van der Waals surface area contributed by atoms with Gasteiger partial charge in [-0.1, -0.05) is 24.3 Å². The lowest BCUT2D eigenvalue weighted by molar-refractivity contribution is -0.123. The largest absolute Gasteiger partial charge is 0.492 e. The molecule has 1 aliphatic heterocycles. The van der Waals surface area contributed by atoms with Crippen LogP contribution in [-0.2, 0) is 4.79 Å². The second kappa shape index (κ2) is 8.31. The van der Waals surface area contributed by atoms with Crippen LogP contribution in [0.4, 0.5) is 10.5 Å². The van der Waals surface area contributed by atoms with Crippen molar-refractivity contribution in [2.24, 2.45) is 0 Å². The maximum absolute atomic E-state index is 12.5. The second-order valence-corrected chi connectivity index (χ2v) is 7.48. The number of hydrogen-bond donors (Lipinski definition) is 0. The maximum atomic E-state index is 12.5. The summed E-state index contributed by atoms with van der Waals surface area (Å²) in [5.41, 5.74) is 3.07. The molecular formula is C21H22N2O3S. The first-order valence-electron chi connectivity index (χ1n) is 8.66. The van der Waals surface area contributed by atoms with E-state index in [2.05, 4.69) is 0 Å². The Bertz CT molecular complexity index is 875. The first kappa shape index (κ1) is 19.0. The summed E-state index contributed by atoms with van der Waals surface area (Å²) < 4.78 is 5.66. The SMILES string of the molecule is Cc1cccc(OCCN2C(=O)S/C(=C\c3ccc(N(C)C)cc3)C2=O)c1. The van der Waals surface area contributed by atoms with Crippen molar-refractivity contribution in [2.45, 2.75) is 6.92 Å². The number of anilines is 1. The molecule has 1 heterocycles. The fourth-order valence-corrected chi connectivity index (χ4v) is 3.54. The standard InChI is InChI=1S/C21H22N2O3S/c1-15-5-4-6-18(13-15)26-12-11-23-20(24)19(27-21(23)25)14-16-7-9-17(10-8-16)22(2)3/h4-10,13-14H,11-12H2,1-3H3/b19-14-. The monoisotopic (exact) mass is 382 g/mol. The Balaban J connectivity index is 1.62. The summed E-state index contributed by atoms with van der Waals surface area (Å²) in [4.78, 5) is 28.4. The minimum atomic E-state index is -0.269. The van der Waals surface area contributed by atoms with Crippen molar-refractivity contribution in [3.8, 4) is 5.75 Å². The third-order valence-electron chi connectivity index (χ3n) is 4.15. The molecule has 0 spiro atoms. The molecular weight excluding hydrogens is 360 g/mol. The van der Waals surface area contributed by atoms with Crippen molar-refractivity contribution in [3.05, 3.63) is 64.6 Å². The Hall–Kier alpha value is -2.73. The molecule has 1 aliphatic rings. The molecule has 0 aromatic heterocycles. The van der Waals surface area contributed by atoms with Crippen LogP contribution < -0.4 is 9.64 Å². The highest BCUT2D eigenvalue weighted by atomic mass is 32.2. The zero-order valence-corrected chi connectivity index (χ0v) is 16.5. The number of carbonyl (C=O) groups excluding carboxylic acids is 2. The van der Waals surface area contributed by atoms with Crippen molar-refractivity contribution >= 4 is 34.7 Å². The normalized spacial score (nSPS) is 15.5. The van der Waals surface area contributed by atoms with Gasteiger partial charge in [-0.15, -0.1) is 0 Å². The van der Waals surface area contributed by atoms with Gasteiger partial charge in [-0.3, -0.25) is 14.5 Å². The Morgan fingerprint density at radius 3 is 2.52 bits per heavy atom. The lowest BCUT2D eigenvalue weighted by Crippen LogP contribution is -2.32. The molecule has 2 aromatic carbocycles. The summed E-state index contributed by atoms with van der Waals surface area (Å²) in [6, 6.07) is 15.5. The van der Waals surface area contributed by atoms with Gasteiger partial charge < -0.3 is 9.64 Å². The average molecular weight is 382 g/mol. The van der Waals surface area contributed by atoms with E-state index in [9.17, 15) is 9.59 Å². The number of rotatable bonds is 6. The Morgan fingerprint density at radius 2 is 1.85 bits per heavy atom. The Kier molecular flexibility index (Phi) is 5.86. The minimum Gasteiger partial charge on any atom is -0.492 e. The van der Waals surface area contributed by atoms with Crippen LogP contribution in [0.5, 0.6) is 5.75 Å². The zero-order valence-electron chi connectivity index (χ0n) is 15.6. The molecule has 0 unspecified atom stereocenters. The molecule has 0 saturated carbocycles. The molecule has 0 atom stereocenters. The number of aryl methyl sites for hydroxylation is 1. The van der Waals surface area contributed by atoms with E-state index in [0.29, 0.717) is 4.91 Å². The smallest absolute Gasteiger partial charge is 0.293 e. The molecule has 0 radical (unpaired) electrons. The van der Waals surface area contributed by atoms with Gasteiger partial charge in [-0.05, 0) is 60.2 Å². The van der Waals surface area contributed by atoms with Crippen molar-refractivity contribution in [1.82, 2.24) is 4.90 Å². The van der Waals surface area contributed by atoms with Crippen molar-refractivity contribution < 1.29 is 14.3 Å². The van der Waals surface area contributed by atoms with E-state index in [-0.39, 0.29) is 24.3 Å². The van der Waals surface area contributed by atoms with E-state index in [1.165, 1.54) is 4.90 Å². The molecule has 2 amide bonds. The van der Waals surface area contributed by atoms with Gasteiger partial charge >= 0.3 is 0 Å². The molecule has 5 nitrogen and oxygen atoms in total. The third kappa shape index (κ3) is 4.71. The quantitative estimate of drug-likeness (QED) is 0.702. The van der Waals surface area contributed by atoms with E-state index in [1.807, 2.05) is 74.4 Å². The van der Waals surface area contributed by atoms with E-state index in [1.54, 1.807) is 6.08 Å². The number of amides is 2. The summed E-state index contributed by atoms with van der Waals surface area (Å²) >= 11 is 0.968. The molecule has 0 N–H and O–H groups in total. The lowest BCUT2D eigenvalue weighted by Gasteiger charge is -2.13. The van der Waals surface area contributed by atoms with Crippen LogP contribution in [-0.4, -0.2) is 43.3 Å². The van der Waals surface area contributed by atoms with Crippen LogP contribution in [0.25, 0.3) is 6.08 Å². The van der Waals surface area contributed by atoms with Crippen LogP contribution in [0.15, 0.2) is 53.4 Å². The number of thioether (sulfide) groups is 1. The van der Waals surface area contributed by atoms with Gasteiger partial charge in [0, 0.05) is 19.8 Å². The summed E-state index contributed by atoms with van der Waals surface area (Å²) in [5, 5.41) is -0.260. The summed E-state index contributed by atoms with van der Waals surface area (Å²) in [7, 11) is 3.94. The predicted octanol–water partition coefficient (Wildman–Crippen LogP) is 4.18. The van der Waals surface area contributed by atoms with Crippen LogP contribution in [0.2, 0.25) is 0 Å². The number of benzene rings is 2. The summed E-state index contributed by atoms with van der Waals surface area (Å²) in [6.45, 7) is 2.49. The van der Waals surface area contributed by atoms with Gasteiger partial charge in [-0.2, -0.15) is 0 Å². The van der Waals surface area contributed by atoms with Gasteiger partial charge in [0.25, 0.3) is 11.1 Å². The second-order valence-electron chi connectivity index (χ2n) is 6.48. The molecule has 2 aromatic rings. The van der Waals surface area contributed by atoms with Crippen LogP contribution >= 0.6 is 11.8 Å². The summed E-state index contributed by atoms with van der Waals surface area (Å²) in [5.74, 6) is 0.466. The first-order valence-corrected chi connectivity index (χ1v) is 9.48. The molecule has 140 valence electrons.